The van der Waals surface area contributed by atoms with Crippen molar-refractivity contribution in [3.8, 4) is 11.3 Å². The Morgan fingerprint density at radius 1 is 1.44 bits per heavy atom. The molecule has 6 nitrogen and oxygen atoms in total. The number of anilines is 1. The maximum Gasteiger partial charge on any atom is 0.272 e. The van der Waals surface area contributed by atoms with Crippen LogP contribution < -0.4 is 5.73 Å². The Kier molecular flexibility index (Phi) is 2.28. The molecular weight excluding hydrogens is 217 g/mol. The Morgan fingerprint density at radius 2 is 2.19 bits per heavy atom. The number of rotatable bonds is 2. The fourth-order valence-electron chi connectivity index (χ4n) is 1.23. The molecule has 0 aliphatic heterocycles. The molecule has 0 fully saturated rings. The maximum atomic E-state index is 13.5. The molecule has 1 aromatic carbocycles. The second kappa shape index (κ2) is 3.61. The van der Waals surface area contributed by atoms with E-state index in [0.29, 0.717) is 0 Å². The van der Waals surface area contributed by atoms with Crippen molar-refractivity contribution in [2.75, 3.05) is 5.73 Å². The van der Waals surface area contributed by atoms with Crippen LogP contribution in [0.25, 0.3) is 11.3 Å². The smallest absolute Gasteiger partial charge is 0.272 e. The summed E-state index contributed by atoms with van der Waals surface area (Å²) in [6.07, 6.45) is 0. The third-order valence-electron chi connectivity index (χ3n) is 1.96. The van der Waals surface area contributed by atoms with Gasteiger partial charge in [0.25, 0.3) is 5.69 Å². The van der Waals surface area contributed by atoms with Crippen LogP contribution in [0, 0.1) is 15.9 Å². The highest BCUT2D eigenvalue weighted by atomic mass is 19.1. The van der Waals surface area contributed by atoms with Gasteiger partial charge in [-0.25, -0.2) is 4.39 Å². The molecule has 0 atom stereocenters. The summed E-state index contributed by atoms with van der Waals surface area (Å²) in [5, 5.41) is 13.8. The van der Waals surface area contributed by atoms with Crippen LogP contribution in [0.15, 0.2) is 28.8 Å². The summed E-state index contributed by atoms with van der Waals surface area (Å²) in [5.74, 6) is -0.511. The standard InChI is InChI=1S/C9H6FN3O3/c10-7-3-5(13(14)15)1-2-6(7)8-4-9(11)12-16-8/h1-4H,(H2,11,12). The Labute approximate surface area is 88.6 Å². The van der Waals surface area contributed by atoms with E-state index in [4.69, 9.17) is 10.3 Å². The van der Waals surface area contributed by atoms with Gasteiger partial charge in [0.2, 0.25) is 0 Å². The SMILES string of the molecule is Nc1cc(-c2ccc([N+](=O)[O-])cc2F)on1. The molecule has 0 unspecified atom stereocenters. The molecule has 0 radical (unpaired) electrons. The molecule has 2 N–H and O–H groups in total. The molecule has 0 saturated carbocycles. The predicted molar refractivity (Wildman–Crippen MR) is 53.0 cm³/mol. The maximum absolute atomic E-state index is 13.5. The van der Waals surface area contributed by atoms with E-state index < -0.39 is 10.7 Å². The fraction of sp³-hybridized carbons (Fsp3) is 0. The average molecular weight is 223 g/mol. The normalized spacial score (nSPS) is 10.3. The van der Waals surface area contributed by atoms with Crippen LogP contribution in [-0.4, -0.2) is 10.1 Å². The summed E-state index contributed by atoms with van der Waals surface area (Å²) in [6.45, 7) is 0. The van der Waals surface area contributed by atoms with Crippen LogP contribution in [0.1, 0.15) is 0 Å². The molecule has 1 aromatic heterocycles. The lowest BCUT2D eigenvalue weighted by molar-refractivity contribution is -0.385. The summed E-state index contributed by atoms with van der Waals surface area (Å²) in [7, 11) is 0. The first-order chi connectivity index (χ1) is 7.58. The van der Waals surface area contributed by atoms with E-state index in [2.05, 4.69) is 5.16 Å². The van der Waals surface area contributed by atoms with E-state index in [1.807, 2.05) is 0 Å². The van der Waals surface area contributed by atoms with Gasteiger partial charge in [-0.1, -0.05) is 5.16 Å². The Morgan fingerprint density at radius 3 is 2.69 bits per heavy atom. The lowest BCUT2D eigenvalue weighted by Crippen LogP contribution is -1.90. The number of nitrogens with zero attached hydrogens (tertiary/aromatic N) is 2. The van der Waals surface area contributed by atoms with Crippen molar-refractivity contribution in [3.05, 3.63) is 40.2 Å². The number of aromatic nitrogens is 1. The van der Waals surface area contributed by atoms with Crippen molar-refractivity contribution in [3.63, 3.8) is 0 Å². The zero-order valence-electron chi connectivity index (χ0n) is 7.88. The van der Waals surface area contributed by atoms with Gasteiger partial charge in [-0.15, -0.1) is 0 Å². The van der Waals surface area contributed by atoms with Gasteiger partial charge in [-0.2, -0.15) is 0 Å². The lowest BCUT2D eigenvalue weighted by Gasteiger charge is -1.97. The molecule has 0 aliphatic carbocycles. The summed E-state index contributed by atoms with van der Waals surface area (Å²) >= 11 is 0. The lowest BCUT2D eigenvalue weighted by atomic mass is 10.1. The molecule has 0 bridgehead atoms. The van der Waals surface area contributed by atoms with Gasteiger partial charge in [0.1, 0.15) is 5.82 Å². The monoisotopic (exact) mass is 223 g/mol. The highest BCUT2D eigenvalue weighted by Gasteiger charge is 2.14. The van der Waals surface area contributed by atoms with E-state index >= 15 is 0 Å². The second-order valence-corrected chi connectivity index (χ2v) is 3.04. The van der Waals surface area contributed by atoms with Gasteiger partial charge in [0.15, 0.2) is 11.6 Å². The largest absolute Gasteiger partial charge is 0.381 e. The van der Waals surface area contributed by atoms with Crippen LogP contribution in [0.2, 0.25) is 0 Å². The number of hydrogen-bond acceptors (Lipinski definition) is 5. The van der Waals surface area contributed by atoms with E-state index in [1.54, 1.807) is 0 Å². The van der Waals surface area contributed by atoms with Crippen LogP contribution in [0.5, 0.6) is 0 Å². The molecule has 16 heavy (non-hydrogen) atoms. The zero-order valence-corrected chi connectivity index (χ0v) is 7.88. The minimum Gasteiger partial charge on any atom is -0.381 e. The van der Waals surface area contributed by atoms with Crippen molar-refractivity contribution < 1.29 is 13.8 Å². The Bertz CT molecular complexity index is 553. The second-order valence-electron chi connectivity index (χ2n) is 3.04. The van der Waals surface area contributed by atoms with Gasteiger partial charge in [0.05, 0.1) is 16.6 Å². The number of non-ortho nitro benzene ring substituents is 1. The first kappa shape index (κ1) is 10.1. The molecule has 7 heteroatoms. The molecule has 2 aromatic rings. The average Bonchev–Trinajstić information content (AvgIpc) is 2.64. The Hall–Kier alpha value is -2.44. The zero-order chi connectivity index (χ0) is 11.7. The third kappa shape index (κ3) is 1.70. The van der Waals surface area contributed by atoms with E-state index in [1.165, 1.54) is 18.2 Å². The number of halogens is 1. The molecule has 1 heterocycles. The Balaban J connectivity index is 2.47. The summed E-state index contributed by atoms with van der Waals surface area (Å²) in [6, 6.07) is 4.57. The predicted octanol–water partition coefficient (Wildman–Crippen LogP) is 1.97. The molecule has 0 amide bonds. The minimum absolute atomic E-state index is 0.0785. The van der Waals surface area contributed by atoms with Crippen LogP contribution in [0.4, 0.5) is 15.9 Å². The third-order valence-corrected chi connectivity index (χ3v) is 1.96. The fourth-order valence-corrected chi connectivity index (χ4v) is 1.23. The molecular formula is C9H6FN3O3. The van der Waals surface area contributed by atoms with Crippen molar-refractivity contribution in [2.24, 2.45) is 0 Å². The minimum atomic E-state index is -0.759. The van der Waals surface area contributed by atoms with Crippen molar-refractivity contribution in [1.29, 1.82) is 0 Å². The molecule has 2 rings (SSSR count). The number of nitro groups is 1. The van der Waals surface area contributed by atoms with E-state index in [-0.39, 0.29) is 22.8 Å². The number of nitrogens with two attached hydrogens (primary N) is 1. The molecule has 0 spiro atoms. The van der Waals surface area contributed by atoms with Gasteiger partial charge < -0.3 is 10.3 Å². The summed E-state index contributed by atoms with van der Waals surface area (Å²) in [5.41, 5.74) is 5.06. The first-order valence-electron chi connectivity index (χ1n) is 4.24. The summed E-state index contributed by atoms with van der Waals surface area (Å²) < 4.78 is 18.2. The van der Waals surface area contributed by atoms with Crippen LogP contribution in [-0.2, 0) is 0 Å². The molecule has 82 valence electrons. The van der Waals surface area contributed by atoms with Crippen LogP contribution >= 0.6 is 0 Å². The number of nitrogen functional groups attached to an aromatic ring is 1. The van der Waals surface area contributed by atoms with Gasteiger partial charge in [-0.3, -0.25) is 10.1 Å². The quantitative estimate of drug-likeness (QED) is 0.620. The van der Waals surface area contributed by atoms with Gasteiger partial charge >= 0.3 is 0 Å². The molecule has 0 aliphatic rings. The van der Waals surface area contributed by atoms with E-state index in [9.17, 15) is 14.5 Å². The number of nitro benzene ring substituents is 1. The number of hydrogen-bond donors (Lipinski definition) is 1. The van der Waals surface area contributed by atoms with Crippen molar-refractivity contribution >= 4 is 11.5 Å². The van der Waals surface area contributed by atoms with Crippen molar-refractivity contribution in [1.82, 2.24) is 5.16 Å². The van der Waals surface area contributed by atoms with Gasteiger partial charge in [0, 0.05) is 12.1 Å². The van der Waals surface area contributed by atoms with Crippen LogP contribution in [0.3, 0.4) is 0 Å². The number of benzene rings is 1. The highest BCUT2D eigenvalue weighted by molar-refractivity contribution is 5.62. The van der Waals surface area contributed by atoms with Crippen molar-refractivity contribution in [2.45, 2.75) is 0 Å². The van der Waals surface area contributed by atoms with E-state index in [0.717, 1.165) is 6.07 Å². The summed E-state index contributed by atoms with van der Waals surface area (Å²) in [4.78, 5) is 9.71. The van der Waals surface area contributed by atoms with Gasteiger partial charge in [-0.05, 0) is 6.07 Å². The first-order valence-corrected chi connectivity index (χ1v) is 4.24. The molecule has 0 saturated heterocycles. The highest BCUT2D eigenvalue weighted by Crippen LogP contribution is 2.27. The topological polar surface area (TPSA) is 95.2 Å².